The normalized spacial score (nSPS) is 25.1. The summed E-state index contributed by atoms with van der Waals surface area (Å²) < 4.78 is 0. The molecular weight excluding hydrogens is 653 g/mol. The van der Waals surface area contributed by atoms with Gasteiger partial charge in [-0.15, -0.1) is 0 Å². The minimum Gasteiger partial charge on any atom is -0.343 e. The van der Waals surface area contributed by atoms with E-state index in [9.17, 15) is 9.59 Å². The van der Waals surface area contributed by atoms with Crippen molar-refractivity contribution in [1.82, 2.24) is 20.9 Å². The molecule has 53 heavy (non-hydrogen) atoms. The quantitative estimate of drug-likeness (QED) is 0.170. The number of likely N-dealkylation sites (N-methyl/N-ethyl adjacent to an activating group) is 1. The Morgan fingerprint density at radius 2 is 0.981 bits per heavy atom. The maximum absolute atomic E-state index is 12.9. The Hall–Kier alpha value is -4.26. The molecule has 4 heterocycles. The SMILES string of the molecule is CC.CC.CN1CC2CCC1(C(NC(=O)c1ccccc1)c1ccccc1)CC2.O=C(NC(c1ccccc1)C12CCC(CC1)CN2)c1ccccc1. The Balaban J connectivity index is 0.000000187. The van der Waals surface area contributed by atoms with Crippen LogP contribution in [0.5, 0.6) is 0 Å². The highest BCUT2D eigenvalue weighted by Gasteiger charge is 2.50. The van der Waals surface area contributed by atoms with Crippen molar-refractivity contribution in [2.45, 2.75) is 102 Å². The molecule has 282 valence electrons. The minimum absolute atomic E-state index is 0.00709. The predicted molar refractivity (Wildman–Crippen MR) is 219 cm³/mol. The van der Waals surface area contributed by atoms with Crippen molar-refractivity contribution in [3.63, 3.8) is 0 Å². The molecular formula is C47H62N4O2. The summed E-state index contributed by atoms with van der Waals surface area (Å²) in [5.74, 6) is 1.67. The first-order chi connectivity index (χ1) is 26.0. The Labute approximate surface area is 319 Å². The van der Waals surface area contributed by atoms with Crippen LogP contribution in [0.25, 0.3) is 0 Å². The Morgan fingerprint density at radius 3 is 1.40 bits per heavy atom. The average Bonchev–Trinajstić information content (AvgIpc) is 3.25. The lowest BCUT2D eigenvalue weighted by Gasteiger charge is -2.57. The molecule has 0 aromatic heterocycles. The number of hydrogen-bond donors (Lipinski definition) is 3. The van der Waals surface area contributed by atoms with Crippen molar-refractivity contribution in [2.75, 3.05) is 20.1 Å². The van der Waals surface area contributed by atoms with Crippen LogP contribution in [0.2, 0.25) is 0 Å². The highest BCUT2D eigenvalue weighted by Crippen LogP contribution is 2.49. The fourth-order valence-electron chi connectivity index (χ4n) is 9.10. The zero-order valence-corrected chi connectivity index (χ0v) is 32.7. The van der Waals surface area contributed by atoms with Gasteiger partial charge in [-0.25, -0.2) is 0 Å². The monoisotopic (exact) mass is 714 g/mol. The van der Waals surface area contributed by atoms with E-state index in [-0.39, 0.29) is 35.0 Å². The molecule has 2 amide bonds. The third kappa shape index (κ3) is 9.28. The maximum Gasteiger partial charge on any atom is 0.251 e. The van der Waals surface area contributed by atoms with Gasteiger partial charge in [0, 0.05) is 28.7 Å². The lowest BCUT2D eigenvalue weighted by Crippen LogP contribution is -2.62. The molecule has 0 radical (unpaired) electrons. The number of rotatable bonds is 8. The van der Waals surface area contributed by atoms with E-state index in [0.717, 1.165) is 61.7 Å². The van der Waals surface area contributed by atoms with Crippen LogP contribution in [-0.2, 0) is 0 Å². The standard InChI is InChI=1S/C22H26N2O.C21H24N2O.2C2H6/c1-24-16-17-12-14-22(24,15-13-17)20(18-8-4-2-5-9-18)23-21(25)19-10-6-3-7-11-19;24-20(18-9-5-2-6-10-18)23-19(17-7-3-1-4-8-17)21-13-11-16(12-14-21)15-22-21;2*1-2/h2-11,17,20H,12-16H2,1H3,(H,23,25);1-10,16,19,22H,11-15H2,(H,23,24);2*1-2H3. The van der Waals surface area contributed by atoms with Gasteiger partial charge in [-0.2, -0.15) is 0 Å². The van der Waals surface area contributed by atoms with E-state index in [1.54, 1.807) is 0 Å². The second-order valence-corrected chi connectivity index (χ2v) is 14.8. The lowest BCUT2D eigenvalue weighted by molar-refractivity contribution is -0.0404. The van der Waals surface area contributed by atoms with Crippen LogP contribution in [0.4, 0.5) is 0 Å². The van der Waals surface area contributed by atoms with Gasteiger partial charge in [0.15, 0.2) is 0 Å². The molecule has 6 fully saturated rings. The summed E-state index contributed by atoms with van der Waals surface area (Å²) in [4.78, 5) is 28.2. The average molecular weight is 715 g/mol. The van der Waals surface area contributed by atoms with Gasteiger partial charge in [-0.1, -0.05) is 125 Å². The molecule has 4 aromatic carbocycles. The number of benzene rings is 4. The molecule has 0 spiro atoms. The van der Waals surface area contributed by atoms with Gasteiger partial charge >= 0.3 is 0 Å². The molecule has 4 aliphatic heterocycles. The van der Waals surface area contributed by atoms with Gasteiger partial charge in [-0.05, 0) is 112 Å². The molecule has 10 rings (SSSR count). The second kappa shape index (κ2) is 19.2. The lowest BCUT2D eigenvalue weighted by atomic mass is 9.66. The molecule has 6 heteroatoms. The van der Waals surface area contributed by atoms with Crippen molar-refractivity contribution in [3.05, 3.63) is 144 Å². The van der Waals surface area contributed by atoms with Crippen LogP contribution in [0, 0.1) is 11.8 Å². The maximum atomic E-state index is 12.9. The predicted octanol–water partition coefficient (Wildman–Crippen LogP) is 9.77. The van der Waals surface area contributed by atoms with Gasteiger partial charge in [-0.3, -0.25) is 14.5 Å². The van der Waals surface area contributed by atoms with E-state index in [1.165, 1.54) is 36.8 Å². The molecule has 2 saturated carbocycles. The third-order valence-corrected chi connectivity index (χ3v) is 12.0. The number of hydrogen-bond acceptors (Lipinski definition) is 4. The molecule has 3 N–H and O–H groups in total. The third-order valence-electron chi connectivity index (χ3n) is 12.0. The molecule has 6 aliphatic rings. The summed E-state index contributed by atoms with van der Waals surface area (Å²) in [6.07, 6.45) is 9.64. The first-order valence-corrected chi connectivity index (χ1v) is 20.2. The minimum atomic E-state index is -0.0133. The van der Waals surface area contributed by atoms with Gasteiger partial charge in [0.1, 0.15) is 0 Å². The molecule has 6 nitrogen and oxygen atoms in total. The largest absolute Gasteiger partial charge is 0.343 e. The number of nitrogens with one attached hydrogen (secondary N) is 3. The van der Waals surface area contributed by atoms with Crippen molar-refractivity contribution in [2.24, 2.45) is 11.8 Å². The van der Waals surface area contributed by atoms with Gasteiger partial charge in [0.2, 0.25) is 0 Å². The number of nitrogens with zero attached hydrogens (tertiary/aromatic N) is 1. The van der Waals surface area contributed by atoms with Crippen LogP contribution in [-0.4, -0.2) is 47.9 Å². The van der Waals surface area contributed by atoms with Crippen molar-refractivity contribution in [3.8, 4) is 0 Å². The Morgan fingerprint density at radius 1 is 0.585 bits per heavy atom. The number of amides is 2. The summed E-state index contributed by atoms with van der Waals surface area (Å²) in [7, 11) is 2.23. The van der Waals surface area contributed by atoms with E-state index in [2.05, 4.69) is 76.4 Å². The van der Waals surface area contributed by atoms with Crippen molar-refractivity contribution >= 4 is 11.8 Å². The van der Waals surface area contributed by atoms with Crippen LogP contribution < -0.4 is 16.0 Å². The van der Waals surface area contributed by atoms with E-state index >= 15 is 0 Å². The molecule has 2 aliphatic carbocycles. The van der Waals surface area contributed by atoms with Gasteiger partial charge < -0.3 is 16.0 Å². The highest BCUT2D eigenvalue weighted by molar-refractivity contribution is 5.95. The zero-order chi connectivity index (χ0) is 37.7. The summed E-state index contributed by atoms with van der Waals surface area (Å²) in [6.45, 7) is 10.2. The fourth-order valence-corrected chi connectivity index (χ4v) is 9.10. The summed E-state index contributed by atoms with van der Waals surface area (Å²) in [5, 5.41) is 10.5. The smallest absolute Gasteiger partial charge is 0.251 e. The van der Waals surface area contributed by atoms with E-state index in [1.807, 2.05) is 100 Å². The number of fused-ring (bicyclic) bond motifs is 6. The van der Waals surface area contributed by atoms with Crippen LogP contribution in [0.15, 0.2) is 121 Å². The highest BCUT2D eigenvalue weighted by atomic mass is 16.2. The molecule has 2 atom stereocenters. The van der Waals surface area contributed by atoms with E-state index < -0.39 is 0 Å². The Kier molecular flexibility index (Phi) is 14.5. The molecule has 4 saturated heterocycles. The van der Waals surface area contributed by atoms with Crippen LogP contribution in [0.1, 0.15) is 123 Å². The van der Waals surface area contributed by atoms with E-state index in [0.29, 0.717) is 0 Å². The van der Waals surface area contributed by atoms with Crippen molar-refractivity contribution < 1.29 is 9.59 Å². The first-order valence-electron chi connectivity index (χ1n) is 20.2. The zero-order valence-electron chi connectivity index (χ0n) is 32.7. The van der Waals surface area contributed by atoms with Crippen LogP contribution in [0.3, 0.4) is 0 Å². The second-order valence-electron chi connectivity index (χ2n) is 14.8. The van der Waals surface area contributed by atoms with Gasteiger partial charge in [0.25, 0.3) is 11.8 Å². The number of carbonyl (C=O) groups is 2. The topological polar surface area (TPSA) is 73.5 Å². The summed E-state index contributed by atoms with van der Waals surface area (Å²) in [6, 6.07) is 40.0. The molecule has 4 aromatic rings. The van der Waals surface area contributed by atoms with Crippen molar-refractivity contribution in [1.29, 1.82) is 0 Å². The van der Waals surface area contributed by atoms with E-state index in [4.69, 9.17) is 0 Å². The molecule has 4 bridgehead atoms. The van der Waals surface area contributed by atoms with Crippen LogP contribution >= 0.6 is 0 Å². The number of piperidine rings is 4. The fraction of sp³-hybridized carbons (Fsp3) is 0.447. The summed E-state index contributed by atoms with van der Waals surface area (Å²) >= 11 is 0. The molecule has 2 unspecified atom stereocenters. The first kappa shape index (κ1) is 39.9. The number of carbonyl (C=O) groups excluding carboxylic acids is 2. The Bertz CT molecular complexity index is 1650. The van der Waals surface area contributed by atoms with Gasteiger partial charge in [0.05, 0.1) is 12.1 Å². The summed E-state index contributed by atoms with van der Waals surface area (Å²) in [5.41, 5.74) is 3.86.